The molecule has 18 heavy (non-hydrogen) atoms. The molecule has 0 amide bonds. The Bertz CT molecular complexity index is 624. The maximum atomic E-state index is 12.0. The number of fused-ring (bicyclic) bond motifs is 1. The molecule has 3 nitrogen and oxygen atoms in total. The monoisotopic (exact) mass is 260 g/mol. The van der Waals surface area contributed by atoms with E-state index < -0.39 is 0 Å². The molecule has 0 saturated heterocycles. The third-order valence-corrected chi connectivity index (χ3v) is 2.89. The lowest BCUT2D eigenvalue weighted by Crippen LogP contribution is -2.26. The van der Waals surface area contributed by atoms with E-state index >= 15 is 0 Å². The van der Waals surface area contributed by atoms with E-state index in [2.05, 4.69) is 10.9 Å². The Morgan fingerprint density at radius 1 is 1.50 bits per heavy atom. The van der Waals surface area contributed by atoms with Crippen LogP contribution >= 0.6 is 11.6 Å². The van der Waals surface area contributed by atoms with E-state index in [9.17, 15) is 4.79 Å². The van der Waals surface area contributed by atoms with E-state index in [1.807, 2.05) is 19.2 Å². The predicted molar refractivity (Wildman–Crippen MR) is 74.0 cm³/mol. The zero-order valence-corrected chi connectivity index (χ0v) is 10.8. The van der Waals surface area contributed by atoms with Gasteiger partial charge in [-0.05, 0) is 25.2 Å². The number of carbonyl (C=O) groups excluding carboxylic acids is 1. The number of H-pyrrole nitrogens is 1. The zero-order valence-electron chi connectivity index (χ0n) is 10.0. The molecule has 1 aromatic heterocycles. The molecular weight excluding hydrogens is 248 g/mol. The minimum atomic E-state index is 0.0140. The lowest BCUT2D eigenvalue weighted by atomic mass is 10.2. The van der Waals surface area contributed by atoms with E-state index in [4.69, 9.17) is 18.0 Å². The van der Waals surface area contributed by atoms with Crippen molar-refractivity contribution in [3.63, 3.8) is 0 Å². The number of benzene rings is 1. The Morgan fingerprint density at radius 3 is 3.00 bits per heavy atom. The minimum Gasteiger partial charge on any atom is -0.352 e. The standard InChI is InChI=1S/C14H13ClN2O/c1-3-6-17(2)9-14(18)13-7-10-4-5-11(15)8-12(10)16-13/h1,4-5,7-8,16H,6,9H2,2H3. The van der Waals surface area contributed by atoms with Gasteiger partial charge in [0.15, 0.2) is 5.78 Å². The molecule has 2 aromatic rings. The van der Waals surface area contributed by atoms with Crippen LogP contribution < -0.4 is 0 Å². The van der Waals surface area contributed by atoms with Gasteiger partial charge in [0.2, 0.25) is 0 Å². The van der Waals surface area contributed by atoms with Crippen molar-refractivity contribution < 1.29 is 4.79 Å². The molecule has 2 rings (SSSR count). The highest BCUT2D eigenvalue weighted by atomic mass is 35.5. The fourth-order valence-corrected chi connectivity index (χ4v) is 1.96. The molecule has 92 valence electrons. The third-order valence-electron chi connectivity index (χ3n) is 2.66. The SMILES string of the molecule is C#CCN(C)CC(=O)c1cc2ccc(Cl)cc2[nH]1. The molecule has 0 atom stereocenters. The van der Waals surface area contributed by atoms with Gasteiger partial charge in [0.25, 0.3) is 0 Å². The molecule has 0 aliphatic heterocycles. The molecule has 1 N–H and O–H groups in total. The maximum Gasteiger partial charge on any atom is 0.192 e. The number of nitrogens with one attached hydrogen (secondary N) is 1. The first-order valence-corrected chi connectivity index (χ1v) is 5.91. The first-order chi connectivity index (χ1) is 8.60. The van der Waals surface area contributed by atoms with Gasteiger partial charge in [-0.1, -0.05) is 23.6 Å². The molecule has 0 aliphatic carbocycles. The van der Waals surface area contributed by atoms with Crippen LogP contribution in [0.15, 0.2) is 24.3 Å². The van der Waals surface area contributed by atoms with Crippen molar-refractivity contribution in [1.82, 2.24) is 9.88 Å². The van der Waals surface area contributed by atoms with Crippen molar-refractivity contribution in [3.8, 4) is 12.3 Å². The van der Waals surface area contributed by atoms with Crippen LogP contribution in [-0.4, -0.2) is 35.8 Å². The molecule has 0 aliphatic rings. The first-order valence-electron chi connectivity index (χ1n) is 5.53. The number of Topliss-reactive ketones (excluding diaryl/α,β-unsaturated/α-hetero) is 1. The van der Waals surface area contributed by atoms with Gasteiger partial charge in [0.1, 0.15) is 0 Å². The van der Waals surface area contributed by atoms with Gasteiger partial charge in [0, 0.05) is 15.9 Å². The number of hydrogen-bond acceptors (Lipinski definition) is 2. The van der Waals surface area contributed by atoms with E-state index in [1.165, 1.54) is 0 Å². The highest BCUT2D eigenvalue weighted by molar-refractivity contribution is 6.31. The molecule has 0 fully saturated rings. The molecular formula is C14H13ClN2O. The molecule has 4 heteroatoms. The van der Waals surface area contributed by atoms with Gasteiger partial charge in [-0.15, -0.1) is 6.42 Å². The van der Waals surface area contributed by atoms with Crippen LogP contribution in [0.25, 0.3) is 10.9 Å². The second-order valence-electron chi connectivity index (χ2n) is 4.21. The molecule has 0 unspecified atom stereocenters. The lowest BCUT2D eigenvalue weighted by Gasteiger charge is -2.10. The van der Waals surface area contributed by atoms with E-state index in [0.29, 0.717) is 23.8 Å². The van der Waals surface area contributed by atoms with Crippen LogP contribution in [0.2, 0.25) is 5.02 Å². The summed E-state index contributed by atoms with van der Waals surface area (Å²) in [6, 6.07) is 7.32. The van der Waals surface area contributed by atoms with Crippen molar-refractivity contribution in [3.05, 3.63) is 35.0 Å². The summed E-state index contributed by atoms with van der Waals surface area (Å²) in [5.74, 6) is 2.52. The van der Waals surface area contributed by atoms with Crippen LogP contribution in [-0.2, 0) is 0 Å². The smallest absolute Gasteiger partial charge is 0.192 e. The van der Waals surface area contributed by atoms with Crippen LogP contribution in [0.5, 0.6) is 0 Å². The molecule has 0 saturated carbocycles. The predicted octanol–water partition coefficient (Wildman–Crippen LogP) is 2.57. The van der Waals surface area contributed by atoms with Crippen molar-refractivity contribution in [2.75, 3.05) is 20.1 Å². The highest BCUT2D eigenvalue weighted by Crippen LogP contribution is 2.20. The number of terminal acetylenes is 1. The second-order valence-corrected chi connectivity index (χ2v) is 4.65. The van der Waals surface area contributed by atoms with E-state index in [-0.39, 0.29) is 5.78 Å². The minimum absolute atomic E-state index is 0.0140. The molecule has 0 radical (unpaired) electrons. The van der Waals surface area contributed by atoms with Crippen molar-refractivity contribution in [2.24, 2.45) is 0 Å². The van der Waals surface area contributed by atoms with Crippen molar-refractivity contribution >= 4 is 28.3 Å². The summed E-state index contributed by atoms with van der Waals surface area (Å²) in [5, 5.41) is 1.62. The highest BCUT2D eigenvalue weighted by Gasteiger charge is 2.11. The number of likely N-dealkylation sites (N-methyl/N-ethyl adjacent to an activating group) is 1. The maximum absolute atomic E-state index is 12.0. The second kappa shape index (κ2) is 5.26. The van der Waals surface area contributed by atoms with Gasteiger partial charge in [-0.3, -0.25) is 9.69 Å². The summed E-state index contributed by atoms with van der Waals surface area (Å²) in [4.78, 5) is 16.9. The fourth-order valence-electron chi connectivity index (χ4n) is 1.79. The first kappa shape index (κ1) is 12.7. The number of rotatable bonds is 4. The van der Waals surface area contributed by atoms with E-state index in [1.54, 1.807) is 17.0 Å². The number of aromatic nitrogens is 1. The Morgan fingerprint density at radius 2 is 2.28 bits per heavy atom. The van der Waals surface area contributed by atoms with Gasteiger partial charge in [-0.25, -0.2) is 0 Å². The largest absolute Gasteiger partial charge is 0.352 e. The average Bonchev–Trinajstić information content (AvgIpc) is 2.72. The third kappa shape index (κ3) is 2.73. The number of carbonyl (C=O) groups is 1. The summed E-state index contributed by atoms with van der Waals surface area (Å²) in [5.41, 5.74) is 1.45. The van der Waals surface area contributed by atoms with Crippen molar-refractivity contribution in [2.45, 2.75) is 0 Å². The van der Waals surface area contributed by atoms with E-state index in [0.717, 1.165) is 10.9 Å². The number of hydrogen-bond donors (Lipinski definition) is 1. The number of nitrogens with zero attached hydrogens (tertiary/aromatic N) is 1. The molecule has 0 spiro atoms. The summed E-state index contributed by atoms with van der Waals surface area (Å²) in [6.07, 6.45) is 5.20. The summed E-state index contributed by atoms with van der Waals surface area (Å²) < 4.78 is 0. The Kier molecular flexibility index (Phi) is 3.71. The topological polar surface area (TPSA) is 36.1 Å². The zero-order chi connectivity index (χ0) is 13.1. The Labute approximate surface area is 111 Å². The fraction of sp³-hybridized carbons (Fsp3) is 0.214. The Balaban J connectivity index is 2.21. The lowest BCUT2D eigenvalue weighted by molar-refractivity contribution is 0.0948. The summed E-state index contributed by atoms with van der Waals surface area (Å²) in [6.45, 7) is 0.753. The molecule has 1 heterocycles. The van der Waals surface area contributed by atoms with Crippen LogP contribution in [0, 0.1) is 12.3 Å². The number of aromatic amines is 1. The van der Waals surface area contributed by atoms with Gasteiger partial charge in [-0.2, -0.15) is 0 Å². The van der Waals surface area contributed by atoms with Gasteiger partial charge < -0.3 is 4.98 Å². The van der Waals surface area contributed by atoms with Crippen LogP contribution in [0.4, 0.5) is 0 Å². The summed E-state index contributed by atoms with van der Waals surface area (Å²) >= 11 is 5.90. The number of halogens is 1. The Hall–Kier alpha value is -1.76. The number of ketones is 1. The normalized spacial score (nSPS) is 10.8. The van der Waals surface area contributed by atoms with Crippen LogP contribution in [0.3, 0.4) is 0 Å². The molecule has 0 bridgehead atoms. The average molecular weight is 261 g/mol. The summed E-state index contributed by atoms with van der Waals surface area (Å²) in [7, 11) is 1.82. The quantitative estimate of drug-likeness (QED) is 0.678. The van der Waals surface area contributed by atoms with Gasteiger partial charge >= 0.3 is 0 Å². The molecule has 1 aromatic carbocycles. The van der Waals surface area contributed by atoms with Gasteiger partial charge in [0.05, 0.1) is 18.8 Å². The van der Waals surface area contributed by atoms with Crippen molar-refractivity contribution in [1.29, 1.82) is 0 Å². The van der Waals surface area contributed by atoms with Crippen LogP contribution in [0.1, 0.15) is 10.5 Å².